The molecular formula is C13H22N2O. The van der Waals surface area contributed by atoms with Crippen LogP contribution < -0.4 is 5.32 Å². The van der Waals surface area contributed by atoms with E-state index < -0.39 is 0 Å². The molecular weight excluding hydrogens is 200 g/mol. The third-order valence-electron chi connectivity index (χ3n) is 3.39. The van der Waals surface area contributed by atoms with Gasteiger partial charge in [-0.15, -0.1) is 0 Å². The molecule has 3 nitrogen and oxygen atoms in total. The fourth-order valence-electron chi connectivity index (χ4n) is 2.35. The number of nitrogens with one attached hydrogen (secondary N) is 1. The fourth-order valence-corrected chi connectivity index (χ4v) is 2.35. The second kappa shape index (κ2) is 7.27. The first-order valence-electron chi connectivity index (χ1n) is 6.42. The first-order valence-corrected chi connectivity index (χ1v) is 6.42. The molecule has 1 aliphatic carbocycles. The van der Waals surface area contributed by atoms with Crippen molar-refractivity contribution < 1.29 is 4.79 Å². The lowest BCUT2D eigenvalue weighted by molar-refractivity contribution is -0.122. The summed E-state index contributed by atoms with van der Waals surface area (Å²) in [6.45, 7) is 2.00. The standard InChI is InChI=1S/C13H22N2O/c1-2-12(8-9-14)15-13(16)10-11-6-4-3-5-7-11/h11-12H,2-8,10H2,1H3,(H,15,16). The molecule has 0 aliphatic heterocycles. The number of rotatable bonds is 5. The van der Waals surface area contributed by atoms with E-state index in [2.05, 4.69) is 11.4 Å². The Morgan fingerprint density at radius 1 is 1.44 bits per heavy atom. The van der Waals surface area contributed by atoms with Crippen LogP contribution in [0.25, 0.3) is 0 Å². The van der Waals surface area contributed by atoms with Gasteiger partial charge in [-0.25, -0.2) is 0 Å². The van der Waals surface area contributed by atoms with Crippen molar-refractivity contribution in [2.45, 2.75) is 64.3 Å². The second-order valence-corrected chi connectivity index (χ2v) is 4.74. The van der Waals surface area contributed by atoms with Crippen molar-refractivity contribution in [1.29, 1.82) is 5.26 Å². The van der Waals surface area contributed by atoms with Gasteiger partial charge in [-0.2, -0.15) is 5.26 Å². The maximum atomic E-state index is 11.7. The lowest BCUT2D eigenvalue weighted by Gasteiger charge is -2.22. The van der Waals surface area contributed by atoms with Crippen LogP contribution in [0.3, 0.4) is 0 Å². The van der Waals surface area contributed by atoms with E-state index in [4.69, 9.17) is 5.26 Å². The van der Waals surface area contributed by atoms with E-state index >= 15 is 0 Å². The van der Waals surface area contributed by atoms with E-state index in [1.54, 1.807) is 0 Å². The zero-order chi connectivity index (χ0) is 11.8. The zero-order valence-corrected chi connectivity index (χ0v) is 10.2. The summed E-state index contributed by atoms with van der Waals surface area (Å²) in [4.78, 5) is 11.7. The number of carbonyl (C=O) groups excluding carboxylic acids is 1. The second-order valence-electron chi connectivity index (χ2n) is 4.74. The summed E-state index contributed by atoms with van der Waals surface area (Å²) >= 11 is 0. The van der Waals surface area contributed by atoms with Crippen molar-refractivity contribution in [3.8, 4) is 6.07 Å². The van der Waals surface area contributed by atoms with Crippen LogP contribution in [0, 0.1) is 17.2 Å². The van der Waals surface area contributed by atoms with E-state index in [9.17, 15) is 4.79 Å². The highest BCUT2D eigenvalue weighted by Gasteiger charge is 2.18. The molecule has 0 spiro atoms. The topological polar surface area (TPSA) is 52.9 Å². The molecule has 16 heavy (non-hydrogen) atoms. The Morgan fingerprint density at radius 3 is 2.69 bits per heavy atom. The molecule has 1 unspecified atom stereocenters. The quantitative estimate of drug-likeness (QED) is 0.777. The molecule has 0 bridgehead atoms. The van der Waals surface area contributed by atoms with Gasteiger partial charge in [0, 0.05) is 12.5 Å². The molecule has 0 radical (unpaired) electrons. The normalized spacial score (nSPS) is 18.8. The van der Waals surface area contributed by atoms with Crippen LogP contribution in [-0.4, -0.2) is 11.9 Å². The Hall–Kier alpha value is -1.04. The Morgan fingerprint density at radius 2 is 2.12 bits per heavy atom. The molecule has 0 heterocycles. The van der Waals surface area contributed by atoms with Gasteiger partial charge in [0.05, 0.1) is 12.5 Å². The average molecular weight is 222 g/mol. The maximum Gasteiger partial charge on any atom is 0.220 e. The molecule has 0 aromatic rings. The molecule has 1 N–H and O–H groups in total. The number of amides is 1. The first-order chi connectivity index (χ1) is 7.76. The highest BCUT2D eigenvalue weighted by molar-refractivity contribution is 5.76. The third-order valence-corrected chi connectivity index (χ3v) is 3.39. The Bertz CT molecular complexity index is 251. The number of hydrogen-bond acceptors (Lipinski definition) is 2. The highest BCUT2D eigenvalue weighted by Crippen LogP contribution is 2.26. The molecule has 1 fully saturated rings. The number of hydrogen-bond donors (Lipinski definition) is 1. The van der Waals surface area contributed by atoms with Gasteiger partial charge in [0.15, 0.2) is 0 Å². The van der Waals surface area contributed by atoms with Crippen molar-refractivity contribution in [2.75, 3.05) is 0 Å². The van der Waals surface area contributed by atoms with Gasteiger partial charge in [-0.05, 0) is 25.2 Å². The molecule has 1 saturated carbocycles. The molecule has 1 amide bonds. The molecule has 1 aliphatic rings. The van der Waals surface area contributed by atoms with Crippen molar-refractivity contribution in [3.63, 3.8) is 0 Å². The van der Waals surface area contributed by atoms with Gasteiger partial charge in [-0.3, -0.25) is 4.79 Å². The van der Waals surface area contributed by atoms with Crippen molar-refractivity contribution in [1.82, 2.24) is 5.32 Å². The molecule has 0 aromatic carbocycles. The van der Waals surface area contributed by atoms with Gasteiger partial charge in [-0.1, -0.05) is 26.2 Å². The van der Waals surface area contributed by atoms with E-state index in [1.165, 1.54) is 32.1 Å². The Balaban J connectivity index is 2.25. The Kier molecular flexibility index (Phi) is 5.92. The predicted molar refractivity (Wildman–Crippen MR) is 63.6 cm³/mol. The predicted octanol–water partition coefficient (Wildman–Crippen LogP) is 2.77. The summed E-state index contributed by atoms with van der Waals surface area (Å²) in [6, 6.07) is 2.16. The maximum absolute atomic E-state index is 11.7. The van der Waals surface area contributed by atoms with Crippen LogP contribution in [0.2, 0.25) is 0 Å². The lowest BCUT2D eigenvalue weighted by Crippen LogP contribution is -2.35. The molecule has 1 rings (SSSR count). The van der Waals surface area contributed by atoms with Crippen LogP contribution in [0.15, 0.2) is 0 Å². The van der Waals surface area contributed by atoms with E-state index in [0.29, 0.717) is 18.8 Å². The van der Waals surface area contributed by atoms with Gasteiger partial charge in [0.25, 0.3) is 0 Å². The number of nitriles is 1. The van der Waals surface area contributed by atoms with E-state index in [1.807, 2.05) is 6.92 Å². The van der Waals surface area contributed by atoms with Gasteiger partial charge < -0.3 is 5.32 Å². The molecule has 1 atom stereocenters. The first kappa shape index (κ1) is 13.0. The van der Waals surface area contributed by atoms with Crippen molar-refractivity contribution in [2.24, 2.45) is 5.92 Å². The largest absolute Gasteiger partial charge is 0.352 e. The van der Waals surface area contributed by atoms with Crippen molar-refractivity contribution >= 4 is 5.91 Å². The summed E-state index contributed by atoms with van der Waals surface area (Å²) in [5.41, 5.74) is 0. The number of carbonyl (C=O) groups is 1. The van der Waals surface area contributed by atoms with Crippen LogP contribution in [0.5, 0.6) is 0 Å². The van der Waals surface area contributed by atoms with Crippen LogP contribution in [-0.2, 0) is 4.79 Å². The molecule has 90 valence electrons. The summed E-state index contributed by atoms with van der Waals surface area (Å²) < 4.78 is 0. The average Bonchev–Trinajstić information content (AvgIpc) is 2.29. The molecule has 0 aromatic heterocycles. The van der Waals surface area contributed by atoms with Crippen LogP contribution >= 0.6 is 0 Å². The van der Waals surface area contributed by atoms with Gasteiger partial charge in [0.2, 0.25) is 5.91 Å². The zero-order valence-electron chi connectivity index (χ0n) is 10.2. The minimum absolute atomic E-state index is 0.0427. The SMILES string of the molecule is CCC(CC#N)NC(=O)CC1CCCCC1. The van der Waals surface area contributed by atoms with Crippen LogP contribution in [0.1, 0.15) is 58.3 Å². The lowest BCUT2D eigenvalue weighted by atomic mass is 9.87. The summed E-state index contributed by atoms with van der Waals surface area (Å²) in [5.74, 6) is 0.711. The van der Waals surface area contributed by atoms with E-state index in [-0.39, 0.29) is 11.9 Å². The van der Waals surface area contributed by atoms with E-state index in [0.717, 1.165) is 6.42 Å². The Labute approximate surface area is 98.2 Å². The molecule has 3 heteroatoms. The monoisotopic (exact) mass is 222 g/mol. The highest BCUT2D eigenvalue weighted by atomic mass is 16.1. The minimum Gasteiger partial charge on any atom is -0.352 e. The summed E-state index contributed by atoms with van der Waals surface area (Å²) in [6.07, 6.45) is 8.18. The minimum atomic E-state index is 0.0427. The fraction of sp³-hybridized carbons (Fsp3) is 0.846. The smallest absolute Gasteiger partial charge is 0.220 e. The molecule has 0 saturated heterocycles. The summed E-state index contributed by atoms with van der Waals surface area (Å²) in [7, 11) is 0. The third kappa shape index (κ3) is 4.65. The van der Waals surface area contributed by atoms with Crippen molar-refractivity contribution in [3.05, 3.63) is 0 Å². The number of nitrogens with zero attached hydrogens (tertiary/aromatic N) is 1. The van der Waals surface area contributed by atoms with Gasteiger partial charge >= 0.3 is 0 Å². The summed E-state index contributed by atoms with van der Waals surface area (Å²) in [5, 5.41) is 11.6. The van der Waals surface area contributed by atoms with Gasteiger partial charge in [0.1, 0.15) is 0 Å². The van der Waals surface area contributed by atoms with Crippen LogP contribution in [0.4, 0.5) is 0 Å².